The van der Waals surface area contributed by atoms with E-state index in [0.717, 1.165) is 29.8 Å². The summed E-state index contributed by atoms with van der Waals surface area (Å²) in [5.41, 5.74) is 3.56. The van der Waals surface area contributed by atoms with Crippen LogP contribution in [0.25, 0.3) is 0 Å². The minimum absolute atomic E-state index is 0.381. The monoisotopic (exact) mass is 495 g/mol. The second-order valence-electron chi connectivity index (χ2n) is 7.23. The summed E-state index contributed by atoms with van der Waals surface area (Å²) in [7, 11) is 3.75. The first kappa shape index (κ1) is 29.5. The van der Waals surface area contributed by atoms with E-state index in [0.29, 0.717) is 35.1 Å². The highest BCUT2D eigenvalue weighted by Crippen LogP contribution is 2.19. The SMILES string of the molecule is C=N/C(C)=C(/C=O)SCN(C)/C=C\C(=C/C=O)OCc1ccccc1.CNCc1cnc(C)cn1. The van der Waals surface area contributed by atoms with E-state index >= 15 is 0 Å². The quantitative estimate of drug-likeness (QED) is 0.111. The maximum Gasteiger partial charge on any atom is 0.158 e. The predicted octanol–water partition coefficient (Wildman–Crippen LogP) is 4.06. The number of aldehydes is 2. The number of carbonyl (C=O) groups is 2. The van der Waals surface area contributed by atoms with Crippen molar-refractivity contribution in [2.45, 2.75) is 27.0 Å². The first-order chi connectivity index (χ1) is 16.9. The average Bonchev–Trinajstić information content (AvgIpc) is 2.88. The number of benzene rings is 1. The Hall–Kier alpha value is -3.56. The Labute approximate surface area is 211 Å². The number of nitrogens with zero attached hydrogens (tertiary/aromatic N) is 4. The summed E-state index contributed by atoms with van der Waals surface area (Å²) in [4.78, 5) is 36.2. The normalized spacial score (nSPS) is 11.7. The fourth-order valence-electron chi connectivity index (χ4n) is 2.37. The van der Waals surface area contributed by atoms with Gasteiger partial charge < -0.3 is 15.0 Å². The standard InChI is InChI=1S/C19H22N2O3S.C7H11N3/c1-16(20-2)19(13-23)25-15-21(3)11-9-18(10-12-22)24-14-17-7-5-4-6-8-17;1-6-3-10-7(4-8-2)5-9-6/h4-13H,2,14-15H2,1,3H3;3,5,8H,4H2,1-2H3/b11-9-,18-10+,19-16-;. The molecule has 0 bridgehead atoms. The van der Waals surface area contributed by atoms with Crippen LogP contribution in [0.15, 0.2) is 82.4 Å². The molecule has 0 radical (unpaired) electrons. The van der Waals surface area contributed by atoms with Crippen molar-refractivity contribution in [2.75, 3.05) is 20.0 Å². The van der Waals surface area contributed by atoms with Crippen molar-refractivity contribution in [3.8, 4) is 0 Å². The van der Waals surface area contributed by atoms with Crippen LogP contribution in [0.4, 0.5) is 0 Å². The molecule has 0 atom stereocenters. The van der Waals surface area contributed by atoms with Crippen LogP contribution in [0.1, 0.15) is 23.9 Å². The third-order valence-corrected chi connectivity index (χ3v) is 5.53. The Morgan fingerprint density at radius 1 is 1.23 bits per heavy atom. The van der Waals surface area contributed by atoms with Crippen LogP contribution in [-0.4, -0.2) is 54.1 Å². The molecule has 0 spiro atoms. The van der Waals surface area contributed by atoms with E-state index in [1.54, 1.807) is 31.6 Å². The molecule has 1 aromatic heterocycles. The van der Waals surface area contributed by atoms with Crippen LogP contribution in [0.5, 0.6) is 0 Å². The lowest BCUT2D eigenvalue weighted by Crippen LogP contribution is -2.10. The maximum atomic E-state index is 11.0. The fourth-order valence-corrected chi connectivity index (χ4v) is 3.14. The highest BCUT2D eigenvalue weighted by atomic mass is 32.2. The number of aromatic nitrogens is 2. The van der Waals surface area contributed by atoms with Crippen LogP contribution in [0, 0.1) is 6.92 Å². The molecule has 2 aromatic rings. The van der Waals surface area contributed by atoms with E-state index < -0.39 is 0 Å². The molecule has 9 heteroatoms. The van der Waals surface area contributed by atoms with Gasteiger partial charge in [0, 0.05) is 38.3 Å². The number of allylic oxidation sites excluding steroid dienone is 4. The lowest BCUT2D eigenvalue weighted by Gasteiger charge is -2.14. The van der Waals surface area contributed by atoms with Crippen molar-refractivity contribution in [1.29, 1.82) is 0 Å². The number of nitrogens with one attached hydrogen (secondary N) is 1. The van der Waals surface area contributed by atoms with Gasteiger partial charge in [0.05, 0.1) is 27.9 Å². The van der Waals surface area contributed by atoms with Gasteiger partial charge >= 0.3 is 0 Å². The smallest absolute Gasteiger partial charge is 0.158 e. The molecule has 0 saturated heterocycles. The number of aryl methyl sites for hydroxylation is 1. The zero-order chi connectivity index (χ0) is 25.9. The van der Waals surface area contributed by atoms with Crippen molar-refractivity contribution in [2.24, 2.45) is 4.99 Å². The van der Waals surface area contributed by atoms with Gasteiger partial charge in [-0.25, -0.2) is 0 Å². The summed E-state index contributed by atoms with van der Waals surface area (Å²) in [5, 5.41) is 3.00. The fraction of sp³-hybridized carbons (Fsp3) is 0.269. The molecule has 0 unspecified atom stereocenters. The summed E-state index contributed by atoms with van der Waals surface area (Å²) in [6.07, 6.45) is 9.87. The molecule has 186 valence electrons. The summed E-state index contributed by atoms with van der Waals surface area (Å²) in [5.74, 6) is 1.01. The first-order valence-electron chi connectivity index (χ1n) is 10.8. The van der Waals surface area contributed by atoms with Crippen molar-refractivity contribution < 1.29 is 14.3 Å². The average molecular weight is 496 g/mol. The summed E-state index contributed by atoms with van der Waals surface area (Å²) in [6.45, 7) is 8.25. The summed E-state index contributed by atoms with van der Waals surface area (Å²) in [6, 6.07) is 9.70. The molecule has 1 heterocycles. The number of aliphatic imine (C=N–C) groups is 1. The van der Waals surface area contributed by atoms with Crippen molar-refractivity contribution in [1.82, 2.24) is 20.2 Å². The number of thioether (sulfide) groups is 1. The van der Waals surface area contributed by atoms with Crippen molar-refractivity contribution in [3.05, 3.63) is 94.4 Å². The Balaban J connectivity index is 0.000000507. The van der Waals surface area contributed by atoms with Crippen LogP contribution in [-0.2, 0) is 27.5 Å². The minimum atomic E-state index is 0.381. The Morgan fingerprint density at radius 3 is 2.54 bits per heavy atom. The second kappa shape index (κ2) is 17.9. The van der Waals surface area contributed by atoms with E-state index in [9.17, 15) is 9.59 Å². The number of hydrogen-bond acceptors (Lipinski definition) is 9. The number of ether oxygens (including phenoxy) is 1. The molecule has 8 nitrogen and oxygen atoms in total. The molecule has 0 fully saturated rings. The number of carbonyl (C=O) groups excluding carboxylic acids is 2. The lowest BCUT2D eigenvalue weighted by atomic mass is 10.2. The summed E-state index contributed by atoms with van der Waals surface area (Å²) >= 11 is 1.36. The minimum Gasteiger partial charge on any atom is -0.489 e. The first-order valence-corrected chi connectivity index (χ1v) is 11.8. The van der Waals surface area contributed by atoms with Crippen molar-refractivity contribution >= 4 is 31.1 Å². The zero-order valence-electron chi connectivity index (χ0n) is 20.7. The second-order valence-corrected chi connectivity index (χ2v) is 8.22. The van der Waals surface area contributed by atoms with Gasteiger partial charge in [0.1, 0.15) is 18.7 Å². The van der Waals surface area contributed by atoms with Crippen LogP contribution >= 0.6 is 11.8 Å². The van der Waals surface area contributed by atoms with E-state index in [1.807, 2.05) is 56.3 Å². The van der Waals surface area contributed by atoms with Gasteiger partial charge in [0.2, 0.25) is 0 Å². The maximum absolute atomic E-state index is 11.0. The Kier molecular flexibility index (Phi) is 15.0. The summed E-state index contributed by atoms with van der Waals surface area (Å²) < 4.78 is 5.64. The van der Waals surface area contributed by atoms with Gasteiger partial charge in [0.15, 0.2) is 6.29 Å². The largest absolute Gasteiger partial charge is 0.489 e. The van der Waals surface area contributed by atoms with Gasteiger partial charge in [-0.05, 0) is 39.3 Å². The highest BCUT2D eigenvalue weighted by Gasteiger charge is 2.03. The van der Waals surface area contributed by atoms with E-state index in [2.05, 4.69) is 27.0 Å². The molecule has 1 aromatic carbocycles. The molecular formula is C26H33N5O3S. The van der Waals surface area contributed by atoms with Gasteiger partial charge in [-0.15, -0.1) is 0 Å². The number of rotatable bonds is 13. The van der Waals surface area contributed by atoms with Crippen molar-refractivity contribution in [3.63, 3.8) is 0 Å². The van der Waals surface area contributed by atoms with E-state index in [-0.39, 0.29) is 0 Å². The third-order valence-electron chi connectivity index (χ3n) is 4.29. The molecule has 1 N–H and O–H groups in total. The van der Waals surface area contributed by atoms with Gasteiger partial charge in [-0.3, -0.25) is 24.5 Å². The molecule has 0 amide bonds. The molecule has 0 aliphatic heterocycles. The van der Waals surface area contributed by atoms with Crippen LogP contribution < -0.4 is 5.32 Å². The van der Waals surface area contributed by atoms with Crippen LogP contribution in [0.3, 0.4) is 0 Å². The zero-order valence-corrected chi connectivity index (χ0v) is 21.5. The predicted molar refractivity (Wildman–Crippen MR) is 143 cm³/mol. The molecule has 0 saturated carbocycles. The molecule has 0 aliphatic rings. The van der Waals surface area contributed by atoms with Gasteiger partial charge in [0.25, 0.3) is 0 Å². The van der Waals surface area contributed by atoms with Gasteiger partial charge in [-0.2, -0.15) is 0 Å². The lowest BCUT2D eigenvalue weighted by molar-refractivity contribution is -0.105. The molecule has 0 aliphatic carbocycles. The Bertz CT molecular complexity index is 1010. The third kappa shape index (κ3) is 13.0. The molecule has 2 rings (SSSR count). The molecule has 35 heavy (non-hydrogen) atoms. The van der Waals surface area contributed by atoms with E-state index in [4.69, 9.17) is 4.74 Å². The topological polar surface area (TPSA) is 96.8 Å². The van der Waals surface area contributed by atoms with E-state index in [1.165, 1.54) is 17.8 Å². The van der Waals surface area contributed by atoms with Gasteiger partial charge in [-0.1, -0.05) is 42.1 Å². The van der Waals surface area contributed by atoms with Crippen LogP contribution in [0.2, 0.25) is 0 Å². The Morgan fingerprint density at radius 2 is 1.97 bits per heavy atom. The highest BCUT2D eigenvalue weighted by molar-refractivity contribution is 8.03. The number of hydrogen-bond donors (Lipinski definition) is 1. The molecular weight excluding hydrogens is 462 g/mol.